The number of pyridine rings is 1. The second-order valence-corrected chi connectivity index (χ2v) is 6.94. The molecule has 2 aliphatic heterocycles. The Bertz CT molecular complexity index is 508. The van der Waals surface area contributed by atoms with Crippen LogP contribution < -0.4 is 0 Å². The fraction of sp³-hybridized carbons (Fsp3) is 0.706. The van der Waals surface area contributed by atoms with E-state index in [9.17, 15) is 0 Å². The SMILES string of the molecule is CCCCCCN1C[C@@H]2C[C@H](C1)c1cccc(=S)n1C2. The molecule has 0 amide bonds. The Kier molecular flexibility index (Phi) is 4.57. The van der Waals surface area contributed by atoms with Crippen molar-refractivity contribution in [3.05, 3.63) is 28.5 Å². The highest BCUT2D eigenvalue weighted by molar-refractivity contribution is 7.71. The zero-order valence-corrected chi connectivity index (χ0v) is 13.4. The lowest BCUT2D eigenvalue weighted by Crippen LogP contribution is -2.45. The van der Waals surface area contributed by atoms with Gasteiger partial charge in [0.25, 0.3) is 0 Å². The third kappa shape index (κ3) is 2.99. The molecule has 1 fully saturated rings. The number of rotatable bonds is 5. The monoisotopic (exact) mass is 290 g/mol. The average Bonchev–Trinajstić information content (AvgIpc) is 2.45. The molecule has 0 saturated carbocycles. The van der Waals surface area contributed by atoms with E-state index >= 15 is 0 Å². The molecule has 2 nitrogen and oxygen atoms in total. The largest absolute Gasteiger partial charge is 0.336 e. The minimum absolute atomic E-state index is 0.705. The first-order chi connectivity index (χ1) is 9.78. The van der Waals surface area contributed by atoms with Gasteiger partial charge in [-0.3, -0.25) is 0 Å². The van der Waals surface area contributed by atoms with Crippen LogP contribution in [0, 0.1) is 10.6 Å². The summed E-state index contributed by atoms with van der Waals surface area (Å²) in [5.74, 6) is 1.51. The van der Waals surface area contributed by atoms with E-state index in [0.717, 1.165) is 17.1 Å². The van der Waals surface area contributed by atoms with Gasteiger partial charge < -0.3 is 9.47 Å². The summed E-state index contributed by atoms with van der Waals surface area (Å²) in [4.78, 5) is 2.70. The van der Waals surface area contributed by atoms with E-state index in [4.69, 9.17) is 12.2 Å². The van der Waals surface area contributed by atoms with E-state index in [0.29, 0.717) is 5.92 Å². The molecule has 2 bridgehead atoms. The van der Waals surface area contributed by atoms with E-state index in [2.05, 4.69) is 34.6 Å². The zero-order valence-electron chi connectivity index (χ0n) is 12.6. The van der Waals surface area contributed by atoms with Crippen LogP contribution in [0.1, 0.15) is 50.6 Å². The number of unbranched alkanes of at least 4 members (excludes halogenated alkanes) is 3. The van der Waals surface area contributed by atoms with Crippen LogP contribution in [-0.4, -0.2) is 29.1 Å². The van der Waals surface area contributed by atoms with Crippen molar-refractivity contribution in [1.82, 2.24) is 9.47 Å². The molecule has 0 radical (unpaired) electrons. The Morgan fingerprint density at radius 1 is 1.15 bits per heavy atom. The maximum absolute atomic E-state index is 5.49. The predicted octanol–water partition coefficient (Wildman–Crippen LogP) is 4.22. The van der Waals surface area contributed by atoms with Gasteiger partial charge in [-0.2, -0.15) is 0 Å². The number of hydrogen-bond acceptors (Lipinski definition) is 2. The number of fused-ring (bicyclic) bond motifs is 4. The summed E-state index contributed by atoms with van der Waals surface area (Å²) in [7, 11) is 0. The first kappa shape index (κ1) is 14.3. The molecule has 3 heteroatoms. The predicted molar refractivity (Wildman–Crippen MR) is 86.7 cm³/mol. The lowest BCUT2D eigenvalue weighted by Gasteiger charge is -2.43. The van der Waals surface area contributed by atoms with Crippen molar-refractivity contribution < 1.29 is 0 Å². The van der Waals surface area contributed by atoms with E-state index in [1.54, 1.807) is 0 Å². The second kappa shape index (κ2) is 6.40. The van der Waals surface area contributed by atoms with Crippen molar-refractivity contribution in [2.75, 3.05) is 19.6 Å². The molecule has 0 N–H and O–H groups in total. The molecule has 0 spiro atoms. The highest BCUT2D eigenvalue weighted by Crippen LogP contribution is 2.36. The molecule has 0 aliphatic carbocycles. The second-order valence-electron chi connectivity index (χ2n) is 6.52. The fourth-order valence-electron chi connectivity index (χ4n) is 3.94. The standard InChI is InChI=1S/C17H26N2S/c1-2-3-4-5-9-18-11-14-10-15(13-18)16-7-6-8-17(20)19(16)12-14/h6-8,14-15H,2-5,9-13H2,1H3/t14-,15+/m0/s1. The van der Waals surface area contributed by atoms with Crippen LogP contribution in [0.15, 0.2) is 18.2 Å². The summed E-state index contributed by atoms with van der Waals surface area (Å²) in [6, 6.07) is 6.49. The molecular formula is C17H26N2S. The first-order valence-corrected chi connectivity index (χ1v) is 8.61. The average molecular weight is 290 g/mol. The molecule has 1 aromatic heterocycles. The van der Waals surface area contributed by atoms with Gasteiger partial charge in [0.1, 0.15) is 4.64 Å². The van der Waals surface area contributed by atoms with Gasteiger partial charge in [0.05, 0.1) is 0 Å². The van der Waals surface area contributed by atoms with Gasteiger partial charge >= 0.3 is 0 Å². The lowest BCUT2D eigenvalue weighted by atomic mass is 9.83. The Balaban J connectivity index is 1.66. The maximum Gasteiger partial charge on any atom is 0.106 e. The number of hydrogen-bond donors (Lipinski definition) is 0. The van der Waals surface area contributed by atoms with Crippen molar-refractivity contribution in [2.24, 2.45) is 5.92 Å². The number of nitrogens with zero attached hydrogens (tertiary/aromatic N) is 2. The van der Waals surface area contributed by atoms with E-state index in [-0.39, 0.29) is 0 Å². The van der Waals surface area contributed by atoms with E-state index in [1.807, 2.05) is 0 Å². The van der Waals surface area contributed by atoms with Crippen LogP contribution in [0.3, 0.4) is 0 Å². The molecule has 2 aliphatic rings. The zero-order chi connectivity index (χ0) is 13.9. The van der Waals surface area contributed by atoms with Crippen LogP contribution in [0.5, 0.6) is 0 Å². The Labute approximate surface area is 127 Å². The molecule has 0 aromatic carbocycles. The molecule has 110 valence electrons. The van der Waals surface area contributed by atoms with Crippen molar-refractivity contribution in [2.45, 2.75) is 51.5 Å². The van der Waals surface area contributed by atoms with E-state index in [1.165, 1.54) is 57.4 Å². The number of likely N-dealkylation sites (tertiary alicyclic amines) is 1. The van der Waals surface area contributed by atoms with Gasteiger partial charge in [-0.25, -0.2) is 0 Å². The molecule has 1 aromatic rings. The minimum Gasteiger partial charge on any atom is -0.336 e. The Morgan fingerprint density at radius 2 is 2.05 bits per heavy atom. The quantitative estimate of drug-likeness (QED) is 0.593. The van der Waals surface area contributed by atoms with Crippen LogP contribution in [-0.2, 0) is 6.54 Å². The van der Waals surface area contributed by atoms with Gasteiger partial charge in [-0.1, -0.05) is 44.5 Å². The highest BCUT2D eigenvalue weighted by atomic mass is 32.1. The van der Waals surface area contributed by atoms with E-state index < -0.39 is 0 Å². The normalized spacial score (nSPS) is 25.4. The first-order valence-electron chi connectivity index (χ1n) is 8.20. The van der Waals surface area contributed by atoms with Crippen LogP contribution in [0.4, 0.5) is 0 Å². The van der Waals surface area contributed by atoms with Crippen LogP contribution >= 0.6 is 12.2 Å². The third-order valence-corrected chi connectivity index (χ3v) is 5.24. The maximum atomic E-state index is 5.49. The van der Waals surface area contributed by atoms with Crippen LogP contribution in [0.2, 0.25) is 0 Å². The Hall–Kier alpha value is -0.670. The van der Waals surface area contributed by atoms with Gasteiger partial charge in [0.15, 0.2) is 0 Å². The minimum atomic E-state index is 0.705. The molecule has 20 heavy (non-hydrogen) atoms. The van der Waals surface area contributed by atoms with Gasteiger partial charge in [-0.15, -0.1) is 0 Å². The molecular weight excluding hydrogens is 264 g/mol. The van der Waals surface area contributed by atoms with Gasteiger partial charge in [0, 0.05) is 31.2 Å². The van der Waals surface area contributed by atoms with Crippen molar-refractivity contribution in [3.8, 4) is 0 Å². The highest BCUT2D eigenvalue weighted by Gasteiger charge is 2.33. The molecule has 1 saturated heterocycles. The van der Waals surface area contributed by atoms with Crippen molar-refractivity contribution in [1.29, 1.82) is 0 Å². The smallest absolute Gasteiger partial charge is 0.106 e. The number of aromatic nitrogens is 1. The Morgan fingerprint density at radius 3 is 2.90 bits per heavy atom. The molecule has 3 rings (SSSR count). The van der Waals surface area contributed by atoms with Crippen molar-refractivity contribution >= 4 is 12.2 Å². The number of piperidine rings is 1. The summed E-state index contributed by atoms with van der Waals surface area (Å²) in [5, 5.41) is 0. The van der Waals surface area contributed by atoms with Crippen LogP contribution in [0.25, 0.3) is 0 Å². The van der Waals surface area contributed by atoms with Gasteiger partial charge in [0.2, 0.25) is 0 Å². The molecule has 0 unspecified atom stereocenters. The topological polar surface area (TPSA) is 8.17 Å². The molecule has 3 heterocycles. The summed E-state index contributed by atoms with van der Waals surface area (Å²) in [5.41, 5.74) is 1.48. The van der Waals surface area contributed by atoms with Gasteiger partial charge in [-0.05, 0) is 37.4 Å². The third-order valence-electron chi connectivity index (χ3n) is 4.88. The summed E-state index contributed by atoms with van der Waals surface area (Å²) >= 11 is 5.49. The summed E-state index contributed by atoms with van der Waals surface area (Å²) in [6.45, 7) is 7.23. The van der Waals surface area contributed by atoms with Crippen molar-refractivity contribution in [3.63, 3.8) is 0 Å². The lowest BCUT2D eigenvalue weighted by molar-refractivity contribution is 0.119. The molecule has 2 atom stereocenters. The fourth-order valence-corrected chi connectivity index (χ4v) is 4.20. The summed E-state index contributed by atoms with van der Waals surface area (Å²) in [6.07, 6.45) is 6.85. The summed E-state index contributed by atoms with van der Waals surface area (Å²) < 4.78 is 3.41.